The topological polar surface area (TPSA) is 80.2 Å². The van der Waals surface area contributed by atoms with Crippen LogP contribution in [0.25, 0.3) is 0 Å². The summed E-state index contributed by atoms with van der Waals surface area (Å²) >= 11 is 0. The summed E-state index contributed by atoms with van der Waals surface area (Å²) in [5.41, 5.74) is -0.147. The number of rotatable bonds is 5. The molecule has 2 aromatic carbocycles. The molecule has 3 N–H and O–H groups in total. The lowest BCUT2D eigenvalue weighted by Gasteiger charge is -2.30. The molecule has 1 heterocycles. The van der Waals surface area contributed by atoms with E-state index in [-0.39, 0.29) is 12.0 Å². The summed E-state index contributed by atoms with van der Waals surface area (Å²) in [4.78, 5) is 0. The van der Waals surface area contributed by atoms with E-state index in [1.54, 1.807) is 12.1 Å². The second kappa shape index (κ2) is 7.90. The molecular weight excluding hydrogens is 391 g/mol. The van der Waals surface area contributed by atoms with Gasteiger partial charge in [0.05, 0.1) is 21.3 Å². The molecule has 3 rings (SSSR count). The number of phenolic OH excluding ortho intramolecular Hbond substituents is 2. The Morgan fingerprint density at radius 3 is 2.17 bits per heavy atom. The Balaban J connectivity index is 2.06. The summed E-state index contributed by atoms with van der Waals surface area (Å²) in [6.07, 6.45) is -4.38. The minimum absolute atomic E-state index is 0.0102. The average molecular weight is 413 g/mol. The largest absolute Gasteiger partial charge is 0.504 e. The normalized spacial score (nSPS) is 16.3. The van der Waals surface area contributed by atoms with E-state index < -0.39 is 29.3 Å². The number of methoxy groups -OCH3 is 3. The molecular formula is C20H22F3NO5. The molecule has 0 amide bonds. The van der Waals surface area contributed by atoms with Crippen LogP contribution < -0.4 is 19.5 Å². The van der Waals surface area contributed by atoms with Gasteiger partial charge in [-0.25, -0.2) is 0 Å². The van der Waals surface area contributed by atoms with Crippen molar-refractivity contribution in [1.29, 1.82) is 0 Å². The Kier molecular flexibility index (Phi) is 5.70. The van der Waals surface area contributed by atoms with Crippen molar-refractivity contribution < 1.29 is 37.6 Å². The van der Waals surface area contributed by atoms with Gasteiger partial charge in [-0.05, 0) is 54.3 Å². The van der Waals surface area contributed by atoms with Crippen molar-refractivity contribution >= 4 is 0 Å². The molecule has 0 radical (unpaired) electrons. The number of ether oxygens (including phenoxy) is 3. The number of halogens is 3. The third-order valence-electron chi connectivity index (χ3n) is 5.01. The van der Waals surface area contributed by atoms with Crippen LogP contribution >= 0.6 is 0 Å². The Morgan fingerprint density at radius 1 is 1.03 bits per heavy atom. The Bertz CT molecular complexity index is 889. The fourth-order valence-electron chi connectivity index (χ4n) is 3.76. The zero-order valence-electron chi connectivity index (χ0n) is 16.2. The second-order valence-electron chi connectivity index (χ2n) is 6.68. The van der Waals surface area contributed by atoms with Crippen molar-refractivity contribution in [2.75, 3.05) is 27.9 Å². The van der Waals surface area contributed by atoms with Gasteiger partial charge in [-0.1, -0.05) is 0 Å². The molecule has 6 nitrogen and oxygen atoms in total. The van der Waals surface area contributed by atoms with Crippen molar-refractivity contribution in [3.05, 3.63) is 40.5 Å². The van der Waals surface area contributed by atoms with Crippen LogP contribution in [0.15, 0.2) is 18.2 Å². The molecule has 158 valence electrons. The van der Waals surface area contributed by atoms with Crippen LogP contribution in [0.5, 0.6) is 28.7 Å². The zero-order valence-corrected chi connectivity index (χ0v) is 16.2. The van der Waals surface area contributed by atoms with Gasteiger partial charge < -0.3 is 29.7 Å². The Hall–Kier alpha value is -2.81. The van der Waals surface area contributed by atoms with Crippen molar-refractivity contribution in [3.63, 3.8) is 0 Å². The number of fused-ring (bicyclic) bond motifs is 1. The molecule has 9 heteroatoms. The number of alkyl halides is 3. The van der Waals surface area contributed by atoms with E-state index in [2.05, 4.69) is 5.32 Å². The van der Waals surface area contributed by atoms with Gasteiger partial charge in [-0.2, -0.15) is 13.2 Å². The van der Waals surface area contributed by atoms with Crippen molar-refractivity contribution in [3.8, 4) is 28.7 Å². The van der Waals surface area contributed by atoms with E-state index in [0.29, 0.717) is 35.8 Å². The molecule has 0 aromatic heterocycles. The van der Waals surface area contributed by atoms with Gasteiger partial charge in [0.2, 0.25) is 5.75 Å². The molecule has 0 unspecified atom stereocenters. The Labute approximate surface area is 165 Å². The number of benzene rings is 2. The average Bonchev–Trinajstić information content (AvgIpc) is 2.67. The lowest BCUT2D eigenvalue weighted by atomic mass is 9.86. The van der Waals surface area contributed by atoms with Crippen LogP contribution in [-0.2, 0) is 19.0 Å². The fraction of sp³-hybridized carbons (Fsp3) is 0.400. The smallest absolute Gasteiger partial charge is 0.420 e. The van der Waals surface area contributed by atoms with Crippen LogP contribution in [0.2, 0.25) is 0 Å². The molecule has 0 bridgehead atoms. The lowest BCUT2D eigenvalue weighted by Crippen LogP contribution is -2.33. The number of nitrogens with one attached hydrogen (secondary N) is 1. The molecule has 2 aromatic rings. The van der Waals surface area contributed by atoms with Crippen molar-refractivity contribution in [2.24, 2.45) is 0 Å². The molecule has 0 saturated carbocycles. The van der Waals surface area contributed by atoms with Crippen LogP contribution in [0, 0.1) is 0 Å². The molecule has 0 fully saturated rings. The first-order chi connectivity index (χ1) is 13.7. The number of hydrogen-bond acceptors (Lipinski definition) is 6. The monoisotopic (exact) mass is 413 g/mol. The van der Waals surface area contributed by atoms with E-state index in [4.69, 9.17) is 14.2 Å². The third kappa shape index (κ3) is 3.87. The minimum atomic E-state index is -4.78. The minimum Gasteiger partial charge on any atom is -0.504 e. The summed E-state index contributed by atoms with van der Waals surface area (Å²) in [6, 6.07) is 4.13. The lowest BCUT2D eigenvalue weighted by molar-refractivity contribution is -0.139. The van der Waals surface area contributed by atoms with Crippen LogP contribution in [0.1, 0.15) is 28.3 Å². The van der Waals surface area contributed by atoms with E-state index in [9.17, 15) is 23.4 Å². The van der Waals surface area contributed by atoms with Gasteiger partial charge in [-0.15, -0.1) is 0 Å². The van der Waals surface area contributed by atoms with E-state index in [1.807, 2.05) is 0 Å². The zero-order chi connectivity index (χ0) is 21.3. The maximum atomic E-state index is 13.5. The fourth-order valence-corrected chi connectivity index (χ4v) is 3.76. The highest BCUT2D eigenvalue weighted by atomic mass is 19.4. The molecule has 0 saturated heterocycles. The Morgan fingerprint density at radius 2 is 1.66 bits per heavy atom. The first-order valence-electron chi connectivity index (χ1n) is 8.88. The van der Waals surface area contributed by atoms with Gasteiger partial charge in [-0.3, -0.25) is 0 Å². The molecule has 29 heavy (non-hydrogen) atoms. The highest BCUT2D eigenvalue weighted by Crippen LogP contribution is 2.47. The van der Waals surface area contributed by atoms with Crippen molar-refractivity contribution in [2.45, 2.75) is 25.1 Å². The second-order valence-corrected chi connectivity index (χ2v) is 6.68. The van der Waals surface area contributed by atoms with Gasteiger partial charge >= 0.3 is 6.18 Å². The summed E-state index contributed by atoms with van der Waals surface area (Å²) in [7, 11) is 4.43. The molecule has 1 aliphatic heterocycles. The summed E-state index contributed by atoms with van der Waals surface area (Å²) < 4.78 is 56.5. The third-order valence-corrected chi connectivity index (χ3v) is 5.01. The number of aromatic hydroxyl groups is 2. The first kappa shape index (κ1) is 20.9. The number of phenols is 2. The van der Waals surface area contributed by atoms with E-state index in [1.165, 1.54) is 27.4 Å². The first-order valence-corrected chi connectivity index (χ1v) is 8.88. The molecule has 0 aliphatic carbocycles. The molecule has 0 spiro atoms. The van der Waals surface area contributed by atoms with Gasteiger partial charge in [0.1, 0.15) is 5.56 Å². The SMILES string of the molecule is COc1cc(C[C@@H]2NCCc3c2cc(O)c(O)c3C(F)(F)F)cc(OC)c1OC. The van der Waals surface area contributed by atoms with Crippen molar-refractivity contribution in [1.82, 2.24) is 5.32 Å². The summed E-state index contributed by atoms with van der Waals surface area (Å²) in [5, 5.41) is 22.9. The highest BCUT2D eigenvalue weighted by molar-refractivity contribution is 5.57. The quantitative estimate of drug-likeness (QED) is 0.651. The maximum Gasteiger partial charge on any atom is 0.420 e. The summed E-state index contributed by atoms with van der Waals surface area (Å²) in [6.45, 7) is 0.301. The molecule has 1 aliphatic rings. The van der Waals surface area contributed by atoms with Gasteiger partial charge in [0.25, 0.3) is 0 Å². The van der Waals surface area contributed by atoms with E-state index in [0.717, 1.165) is 5.56 Å². The predicted octanol–water partition coefficient (Wildman–Crippen LogP) is 3.57. The summed E-state index contributed by atoms with van der Waals surface area (Å²) in [5.74, 6) is -0.651. The van der Waals surface area contributed by atoms with Gasteiger partial charge in [0.15, 0.2) is 23.0 Å². The highest BCUT2D eigenvalue weighted by Gasteiger charge is 2.40. The predicted molar refractivity (Wildman–Crippen MR) is 99.0 cm³/mol. The van der Waals surface area contributed by atoms with Gasteiger partial charge in [0, 0.05) is 6.04 Å². The van der Waals surface area contributed by atoms with Crippen LogP contribution in [-0.4, -0.2) is 38.1 Å². The molecule has 1 atom stereocenters. The van der Waals surface area contributed by atoms with Crippen LogP contribution in [0.4, 0.5) is 13.2 Å². The van der Waals surface area contributed by atoms with Crippen LogP contribution in [0.3, 0.4) is 0 Å². The maximum absolute atomic E-state index is 13.5. The van der Waals surface area contributed by atoms with E-state index >= 15 is 0 Å². The number of hydrogen-bond donors (Lipinski definition) is 3. The standard InChI is InChI=1S/C20H22F3NO5/c1-27-15-7-10(8-16(28-2)19(15)29-3)6-13-12-9-14(25)18(26)17(20(21,22)23)11(12)4-5-24-13/h7-9,13,24-26H,4-6H2,1-3H3/t13-/m0/s1.